The molecule has 0 unspecified atom stereocenters. The van der Waals surface area contributed by atoms with Gasteiger partial charge >= 0.3 is 5.69 Å². The number of para-hydroxylation sites is 1. The number of carbonyl (C=O) groups is 1. The highest BCUT2D eigenvalue weighted by Gasteiger charge is 2.16. The molecule has 3 aromatic rings. The Kier molecular flexibility index (Phi) is 6.16. The average molecular weight is 418 g/mol. The highest BCUT2D eigenvalue weighted by molar-refractivity contribution is 5.81. The maximum absolute atomic E-state index is 13.3. The van der Waals surface area contributed by atoms with Gasteiger partial charge < -0.3 is 5.32 Å². The van der Waals surface area contributed by atoms with Gasteiger partial charge in [0.15, 0.2) is 0 Å². The molecule has 1 heterocycles. The lowest BCUT2D eigenvalue weighted by Crippen LogP contribution is -2.42. The number of allylic oxidation sites excluding steroid dienone is 1. The van der Waals surface area contributed by atoms with E-state index in [1.165, 1.54) is 23.0 Å². The SMILES string of the molecule is Cc1ccc(-n2c(=O)c3ccccc3n(CC(=O)NCCC3=CCCCC3)c2=O)cc1. The predicted molar refractivity (Wildman–Crippen MR) is 123 cm³/mol. The fourth-order valence-corrected chi connectivity index (χ4v) is 4.09. The Bertz CT molecular complexity index is 1250. The molecule has 0 spiro atoms. The molecule has 2 aromatic carbocycles. The normalized spacial score (nSPS) is 13.8. The molecule has 1 aromatic heterocycles. The predicted octanol–water partition coefficient (Wildman–Crippen LogP) is 3.47. The van der Waals surface area contributed by atoms with E-state index in [1.54, 1.807) is 36.4 Å². The maximum Gasteiger partial charge on any atom is 0.336 e. The molecule has 1 aliphatic carbocycles. The van der Waals surface area contributed by atoms with Crippen LogP contribution in [0.3, 0.4) is 0 Å². The van der Waals surface area contributed by atoms with E-state index < -0.39 is 5.69 Å². The first kappa shape index (κ1) is 20.8. The van der Waals surface area contributed by atoms with Gasteiger partial charge in [0.25, 0.3) is 5.56 Å². The number of amides is 1. The molecule has 6 heteroatoms. The number of hydrogen-bond donors (Lipinski definition) is 1. The summed E-state index contributed by atoms with van der Waals surface area (Å²) in [5, 5.41) is 3.33. The zero-order valence-electron chi connectivity index (χ0n) is 17.8. The van der Waals surface area contributed by atoms with Gasteiger partial charge in [-0.15, -0.1) is 0 Å². The number of aromatic nitrogens is 2. The van der Waals surface area contributed by atoms with E-state index in [-0.39, 0.29) is 18.0 Å². The van der Waals surface area contributed by atoms with E-state index in [1.807, 2.05) is 19.1 Å². The number of hydrogen-bond acceptors (Lipinski definition) is 3. The van der Waals surface area contributed by atoms with Crippen LogP contribution in [-0.4, -0.2) is 21.6 Å². The first-order valence-electron chi connectivity index (χ1n) is 10.8. The fraction of sp³-hybridized carbons (Fsp3) is 0.320. The molecule has 4 rings (SSSR count). The molecule has 0 fully saturated rings. The third kappa shape index (κ3) is 4.53. The summed E-state index contributed by atoms with van der Waals surface area (Å²) in [5.41, 5.74) is 2.48. The monoisotopic (exact) mass is 417 g/mol. The molecular formula is C25H27N3O3. The van der Waals surface area contributed by atoms with Gasteiger partial charge in [-0.25, -0.2) is 9.36 Å². The van der Waals surface area contributed by atoms with Crippen molar-refractivity contribution >= 4 is 16.8 Å². The number of aryl methyl sites for hydroxylation is 1. The first-order chi connectivity index (χ1) is 15.0. The van der Waals surface area contributed by atoms with E-state index in [0.29, 0.717) is 23.1 Å². The van der Waals surface area contributed by atoms with Gasteiger partial charge in [0.05, 0.1) is 16.6 Å². The minimum absolute atomic E-state index is 0.134. The molecule has 0 bridgehead atoms. The van der Waals surface area contributed by atoms with Crippen molar-refractivity contribution in [1.29, 1.82) is 0 Å². The number of fused-ring (bicyclic) bond motifs is 1. The summed E-state index contributed by atoms with van der Waals surface area (Å²) in [5.74, 6) is -0.238. The minimum atomic E-state index is -0.516. The standard InChI is InChI=1S/C25H27N3O3/c1-18-11-13-20(14-12-18)28-24(30)21-9-5-6-10-22(21)27(25(28)31)17-23(29)26-16-15-19-7-3-2-4-8-19/h5-7,9-14H,2-4,8,15-17H2,1H3,(H,26,29). The van der Waals surface area contributed by atoms with Crippen LogP contribution < -0.4 is 16.6 Å². The van der Waals surface area contributed by atoms with Crippen LogP contribution in [0.2, 0.25) is 0 Å². The van der Waals surface area contributed by atoms with E-state index in [2.05, 4.69) is 11.4 Å². The first-order valence-corrected chi connectivity index (χ1v) is 10.8. The van der Waals surface area contributed by atoms with Crippen molar-refractivity contribution in [2.75, 3.05) is 6.54 Å². The second kappa shape index (κ2) is 9.16. The van der Waals surface area contributed by atoms with E-state index >= 15 is 0 Å². The molecule has 31 heavy (non-hydrogen) atoms. The van der Waals surface area contributed by atoms with Gasteiger partial charge in [0, 0.05) is 6.54 Å². The van der Waals surface area contributed by atoms with Crippen LogP contribution in [0.5, 0.6) is 0 Å². The van der Waals surface area contributed by atoms with Crippen LogP contribution in [0.4, 0.5) is 0 Å². The second-order valence-electron chi connectivity index (χ2n) is 8.07. The van der Waals surface area contributed by atoms with Crippen molar-refractivity contribution in [2.45, 2.75) is 45.6 Å². The summed E-state index contributed by atoms with van der Waals surface area (Å²) >= 11 is 0. The lowest BCUT2D eigenvalue weighted by atomic mass is 9.97. The molecule has 6 nitrogen and oxygen atoms in total. The molecular weight excluding hydrogens is 390 g/mol. The topological polar surface area (TPSA) is 73.1 Å². The van der Waals surface area contributed by atoms with Gasteiger partial charge in [-0.2, -0.15) is 0 Å². The van der Waals surface area contributed by atoms with Crippen LogP contribution in [0.1, 0.15) is 37.7 Å². The lowest BCUT2D eigenvalue weighted by Gasteiger charge is -2.15. The second-order valence-corrected chi connectivity index (χ2v) is 8.07. The van der Waals surface area contributed by atoms with Gasteiger partial charge in [-0.05, 0) is 63.3 Å². The maximum atomic E-state index is 13.3. The Morgan fingerprint density at radius 1 is 1.03 bits per heavy atom. The third-order valence-corrected chi connectivity index (χ3v) is 5.80. The molecule has 1 N–H and O–H groups in total. The number of carbonyl (C=O) groups excluding carboxylic acids is 1. The van der Waals surface area contributed by atoms with Crippen molar-refractivity contribution < 1.29 is 4.79 Å². The molecule has 0 radical (unpaired) electrons. The van der Waals surface area contributed by atoms with Gasteiger partial charge in [-0.3, -0.25) is 14.2 Å². The molecule has 0 saturated heterocycles. The summed E-state index contributed by atoms with van der Waals surface area (Å²) in [6.45, 7) is 2.36. The molecule has 0 atom stereocenters. The zero-order chi connectivity index (χ0) is 21.8. The average Bonchev–Trinajstić information content (AvgIpc) is 2.79. The smallest absolute Gasteiger partial charge is 0.336 e. The van der Waals surface area contributed by atoms with Crippen LogP contribution in [0.15, 0.2) is 69.8 Å². The summed E-state index contributed by atoms with van der Waals surface area (Å²) < 4.78 is 2.52. The number of nitrogens with zero attached hydrogens (tertiary/aromatic N) is 2. The van der Waals surface area contributed by atoms with Crippen molar-refractivity contribution in [1.82, 2.24) is 14.5 Å². The van der Waals surface area contributed by atoms with Gasteiger partial charge in [0.2, 0.25) is 5.91 Å². The summed E-state index contributed by atoms with van der Waals surface area (Å²) in [6.07, 6.45) is 7.77. The van der Waals surface area contributed by atoms with Crippen LogP contribution in [0, 0.1) is 6.92 Å². The van der Waals surface area contributed by atoms with Gasteiger partial charge in [-0.1, -0.05) is 41.5 Å². The molecule has 1 amide bonds. The van der Waals surface area contributed by atoms with Crippen molar-refractivity contribution in [3.8, 4) is 5.69 Å². The van der Waals surface area contributed by atoms with Crippen LogP contribution in [0.25, 0.3) is 16.6 Å². The molecule has 0 aliphatic heterocycles. The highest BCUT2D eigenvalue weighted by atomic mass is 16.2. The Labute approximate surface area is 180 Å². The third-order valence-electron chi connectivity index (χ3n) is 5.80. The molecule has 160 valence electrons. The number of nitrogens with one attached hydrogen (secondary N) is 1. The Balaban J connectivity index is 1.64. The largest absolute Gasteiger partial charge is 0.354 e. The van der Waals surface area contributed by atoms with Crippen molar-refractivity contribution in [3.63, 3.8) is 0 Å². The van der Waals surface area contributed by atoms with Crippen molar-refractivity contribution in [2.24, 2.45) is 0 Å². The summed E-state index contributed by atoms with van der Waals surface area (Å²) in [6, 6.07) is 14.1. The van der Waals surface area contributed by atoms with E-state index in [9.17, 15) is 14.4 Å². The minimum Gasteiger partial charge on any atom is -0.354 e. The van der Waals surface area contributed by atoms with E-state index in [0.717, 1.165) is 29.4 Å². The Hall–Kier alpha value is -3.41. The zero-order valence-corrected chi connectivity index (χ0v) is 17.8. The Morgan fingerprint density at radius 3 is 2.55 bits per heavy atom. The fourth-order valence-electron chi connectivity index (χ4n) is 4.09. The number of rotatable bonds is 6. The van der Waals surface area contributed by atoms with Crippen LogP contribution in [-0.2, 0) is 11.3 Å². The molecule has 1 aliphatic rings. The summed E-state index contributed by atoms with van der Waals surface area (Å²) in [4.78, 5) is 39.0. The van der Waals surface area contributed by atoms with Crippen molar-refractivity contribution in [3.05, 3.63) is 86.6 Å². The number of benzene rings is 2. The Morgan fingerprint density at radius 2 is 1.81 bits per heavy atom. The van der Waals surface area contributed by atoms with Crippen LogP contribution >= 0.6 is 0 Å². The quantitative estimate of drug-likeness (QED) is 0.624. The molecule has 0 saturated carbocycles. The lowest BCUT2D eigenvalue weighted by molar-refractivity contribution is -0.121. The highest BCUT2D eigenvalue weighted by Crippen LogP contribution is 2.19. The van der Waals surface area contributed by atoms with Gasteiger partial charge in [0.1, 0.15) is 6.54 Å². The van der Waals surface area contributed by atoms with E-state index in [4.69, 9.17) is 0 Å². The summed E-state index contributed by atoms with van der Waals surface area (Å²) in [7, 11) is 0.